The molecule has 0 atom stereocenters. The van der Waals surface area contributed by atoms with E-state index in [0.717, 1.165) is 0 Å². The Hall–Kier alpha value is -2.09. The number of hydrogen-bond donors (Lipinski definition) is 1. The molecule has 0 saturated heterocycles. The summed E-state index contributed by atoms with van der Waals surface area (Å²) in [5.74, 6) is -1.10. The minimum atomic E-state index is -0.605. The van der Waals surface area contributed by atoms with Gasteiger partial charge < -0.3 is 10.6 Å². The van der Waals surface area contributed by atoms with Crippen LogP contribution >= 0.6 is 0 Å². The average molecular weight is 207 g/mol. The number of likely N-dealkylation sites (N-methyl/N-ethyl adjacent to an activating group) is 1. The van der Waals surface area contributed by atoms with Crippen molar-refractivity contribution in [1.82, 2.24) is 0 Å². The third-order valence-corrected chi connectivity index (χ3v) is 1.91. The summed E-state index contributed by atoms with van der Waals surface area (Å²) in [5.41, 5.74) is 5.48. The van der Waals surface area contributed by atoms with E-state index in [0.29, 0.717) is 5.69 Å². The van der Waals surface area contributed by atoms with Crippen LogP contribution in [0.25, 0.3) is 0 Å². The summed E-state index contributed by atoms with van der Waals surface area (Å²) in [4.78, 5) is 12.1. The molecule has 0 aliphatic heterocycles. The maximum Gasteiger partial charge on any atom is 0.236 e. The molecule has 1 amide bonds. The fourth-order valence-corrected chi connectivity index (χ4v) is 1.16. The molecule has 0 spiro atoms. The third-order valence-electron chi connectivity index (χ3n) is 1.91. The molecule has 0 radical (unpaired) electrons. The van der Waals surface area contributed by atoms with Crippen LogP contribution in [0.2, 0.25) is 0 Å². The number of nitrogens with zero attached hydrogens (tertiary/aromatic N) is 2. The number of nitrogens with two attached hydrogens (primary N) is 1. The fraction of sp³-hybridized carbons (Fsp3) is 0.200. The average Bonchev–Trinajstić information content (AvgIpc) is 2.16. The zero-order valence-electron chi connectivity index (χ0n) is 8.20. The molecule has 15 heavy (non-hydrogen) atoms. The highest BCUT2D eigenvalue weighted by Crippen LogP contribution is 2.16. The Labute approximate surface area is 86.7 Å². The lowest BCUT2D eigenvalue weighted by atomic mass is 10.2. The van der Waals surface area contributed by atoms with Crippen LogP contribution in [0.3, 0.4) is 0 Å². The maximum absolute atomic E-state index is 13.2. The van der Waals surface area contributed by atoms with Crippen LogP contribution in [0.5, 0.6) is 0 Å². The number of carbonyl (C=O) groups is 1. The summed E-state index contributed by atoms with van der Waals surface area (Å²) in [7, 11) is 1.62. The smallest absolute Gasteiger partial charge is 0.236 e. The topological polar surface area (TPSA) is 70.1 Å². The Morgan fingerprint density at radius 1 is 1.67 bits per heavy atom. The lowest BCUT2D eigenvalue weighted by molar-refractivity contribution is -0.116. The van der Waals surface area contributed by atoms with Crippen molar-refractivity contribution in [1.29, 1.82) is 5.26 Å². The van der Waals surface area contributed by atoms with E-state index >= 15 is 0 Å². The van der Waals surface area contributed by atoms with Crippen molar-refractivity contribution in [3.8, 4) is 6.07 Å². The first kappa shape index (κ1) is 11.0. The van der Waals surface area contributed by atoms with Gasteiger partial charge in [-0.25, -0.2) is 4.39 Å². The number of nitriles is 1. The summed E-state index contributed by atoms with van der Waals surface area (Å²) in [6.45, 7) is 0.00530. The molecule has 0 unspecified atom stereocenters. The summed E-state index contributed by atoms with van der Waals surface area (Å²) >= 11 is 0. The Morgan fingerprint density at radius 3 is 2.80 bits per heavy atom. The van der Waals surface area contributed by atoms with Gasteiger partial charge in [0.25, 0.3) is 0 Å². The Balaban J connectivity index is 2.93. The van der Waals surface area contributed by atoms with Crippen LogP contribution in [0, 0.1) is 17.1 Å². The molecule has 1 aromatic rings. The van der Waals surface area contributed by atoms with Gasteiger partial charge in [-0.1, -0.05) is 0 Å². The van der Waals surface area contributed by atoms with Crippen molar-refractivity contribution < 1.29 is 9.18 Å². The zero-order valence-corrected chi connectivity index (χ0v) is 8.20. The monoisotopic (exact) mass is 207 g/mol. The van der Waals surface area contributed by atoms with Crippen LogP contribution in [0.15, 0.2) is 18.2 Å². The van der Waals surface area contributed by atoms with Crippen LogP contribution in [0.4, 0.5) is 10.1 Å². The number of benzene rings is 1. The van der Waals surface area contributed by atoms with Gasteiger partial charge in [0.15, 0.2) is 0 Å². The predicted molar refractivity (Wildman–Crippen MR) is 53.6 cm³/mol. The van der Waals surface area contributed by atoms with Crippen molar-refractivity contribution in [2.75, 3.05) is 18.5 Å². The largest absolute Gasteiger partial charge is 0.368 e. The molecule has 0 fully saturated rings. The van der Waals surface area contributed by atoms with Crippen molar-refractivity contribution in [2.45, 2.75) is 0 Å². The normalized spacial score (nSPS) is 9.40. The number of hydrogen-bond acceptors (Lipinski definition) is 3. The highest BCUT2D eigenvalue weighted by atomic mass is 19.1. The Bertz CT molecular complexity index is 425. The molecule has 1 rings (SSSR count). The van der Waals surface area contributed by atoms with Crippen LogP contribution in [-0.4, -0.2) is 19.5 Å². The first-order valence-electron chi connectivity index (χ1n) is 4.23. The van der Waals surface area contributed by atoms with Gasteiger partial charge in [0.05, 0.1) is 12.1 Å². The standard InChI is InChI=1S/C10H10FN3O/c1-14(6-10(13)15)8-3-2-7(5-12)9(11)4-8/h2-4H,6H2,1H3,(H2,13,15). The van der Waals surface area contributed by atoms with Gasteiger partial charge in [-0.05, 0) is 18.2 Å². The maximum atomic E-state index is 13.2. The van der Waals surface area contributed by atoms with E-state index in [4.69, 9.17) is 11.0 Å². The third kappa shape index (κ3) is 2.68. The van der Waals surface area contributed by atoms with E-state index in [1.54, 1.807) is 19.2 Å². The minimum absolute atomic E-state index is 0.00530. The van der Waals surface area contributed by atoms with Crippen molar-refractivity contribution in [3.05, 3.63) is 29.6 Å². The fourth-order valence-electron chi connectivity index (χ4n) is 1.16. The molecule has 2 N–H and O–H groups in total. The lowest BCUT2D eigenvalue weighted by Gasteiger charge is -2.17. The SMILES string of the molecule is CN(CC(N)=O)c1ccc(C#N)c(F)c1. The second kappa shape index (κ2) is 4.42. The molecule has 5 heteroatoms. The molecule has 0 aromatic heterocycles. The van der Waals surface area contributed by atoms with Gasteiger partial charge in [-0.2, -0.15) is 5.26 Å². The molecular formula is C10H10FN3O. The van der Waals surface area contributed by atoms with E-state index in [2.05, 4.69) is 0 Å². The molecule has 0 bridgehead atoms. The van der Waals surface area contributed by atoms with Gasteiger partial charge in [0, 0.05) is 12.7 Å². The van der Waals surface area contributed by atoms with E-state index in [1.165, 1.54) is 17.0 Å². The van der Waals surface area contributed by atoms with Gasteiger partial charge in [0.1, 0.15) is 11.9 Å². The number of primary amides is 1. The first-order valence-corrected chi connectivity index (χ1v) is 4.23. The number of rotatable bonds is 3. The first-order chi connectivity index (χ1) is 7.04. The second-order valence-corrected chi connectivity index (χ2v) is 3.10. The van der Waals surface area contributed by atoms with E-state index in [9.17, 15) is 9.18 Å². The molecule has 78 valence electrons. The van der Waals surface area contributed by atoms with Gasteiger partial charge in [-0.3, -0.25) is 4.79 Å². The summed E-state index contributed by atoms with van der Waals surface area (Å²) < 4.78 is 13.2. The van der Waals surface area contributed by atoms with Crippen LogP contribution in [-0.2, 0) is 4.79 Å². The van der Waals surface area contributed by atoms with Crippen LogP contribution < -0.4 is 10.6 Å². The molecular weight excluding hydrogens is 197 g/mol. The number of carbonyl (C=O) groups excluding carboxylic acids is 1. The molecule has 0 aliphatic rings. The van der Waals surface area contributed by atoms with Crippen molar-refractivity contribution in [3.63, 3.8) is 0 Å². The minimum Gasteiger partial charge on any atom is -0.368 e. The molecule has 0 heterocycles. The Morgan fingerprint density at radius 2 is 2.33 bits per heavy atom. The molecule has 0 saturated carbocycles. The number of amides is 1. The zero-order chi connectivity index (χ0) is 11.4. The summed E-state index contributed by atoms with van der Waals surface area (Å²) in [6, 6.07) is 5.84. The van der Waals surface area contributed by atoms with Gasteiger partial charge in [0.2, 0.25) is 5.91 Å². The molecule has 1 aromatic carbocycles. The lowest BCUT2D eigenvalue weighted by Crippen LogP contribution is -2.30. The Kier molecular flexibility index (Phi) is 3.24. The van der Waals surface area contributed by atoms with Gasteiger partial charge >= 0.3 is 0 Å². The predicted octanol–water partition coefficient (Wildman–Crippen LogP) is 0.619. The van der Waals surface area contributed by atoms with Gasteiger partial charge in [-0.15, -0.1) is 0 Å². The van der Waals surface area contributed by atoms with E-state index in [1.807, 2.05) is 0 Å². The summed E-state index contributed by atoms with van der Waals surface area (Å²) in [5, 5.41) is 8.52. The van der Waals surface area contributed by atoms with Crippen molar-refractivity contribution >= 4 is 11.6 Å². The number of halogens is 1. The van der Waals surface area contributed by atoms with E-state index in [-0.39, 0.29) is 12.1 Å². The highest BCUT2D eigenvalue weighted by molar-refractivity contribution is 5.79. The van der Waals surface area contributed by atoms with Crippen LogP contribution in [0.1, 0.15) is 5.56 Å². The number of anilines is 1. The van der Waals surface area contributed by atoms with E-state index < -0.39 is 11.7 Å². The summed E-state index contributed by atoms with van der Waals surface area (Å²) in [6.07, 6.45) is 0. The second-order valence-electron chi connectivity index (χ2n) is 3.10. The molecule has 4 nitrogen and oxygen atoms in total. The van der Waals surface area contributed by atoms with Crippen molar-refractivity contribution in [2.24, 2.45) is 5.73 Å². The quantitative estimate of drug-likeness (QED) is 0.789. The highest BCUT2D eigenvalue weighted by Gasteiger charge is 2.07. The molecule has 0 aliphatic carbocycles.